The second-order valence-electron chi connectivity index (χ2n) is 3.31. The third-order valence-electron chi connectivity index (χ3n) is 2.16. The van der Waals surface area contributed by atoms with Gasteiger partial charge in [0, 0.05) is 5.56 Å². The molecule has 0 amide bonds. The first kappa shape index (κ1) is 10.8. The highest BCUT2D eigenvalue weighted by molar-refractivity contribution is 6.33. The summed E-state index contributed by atoms with van der Waals surface area (Å²) >= 11 is 5.99. The SMILES string of the molecule is Cc1nc(-c2ccccc2Cl)nc(N)c1F. The molecule has 2 aromatic rings. The van der Waals surface area contributed by atoms with Crippen LogP contribution in [0.3, 0.4) is 0 Å². The topological polar surface area (TPSA) is 51.8 Å². The Balaban J connectivity index is 2.62. The molecule has 0 aliphatic rings. The molecule has 1 aromatic carbocycles. The molecule has 0 saturated heterocycles. The van der Waals surface area contributed by atoms with E-state index >= 15 is 0 Å². The first-order chi connectivity index (χ1) is 7.59. The highest BCUT2D eigenvalue weighted by atomic mass is 35.5. The summed E-state index contributed by atoms with van der Waals surface area (Å²) in [6, 6.07) is 7.08. The molecule has 2 N–H and O–H groups in total. The van der Waals surface area contributed by atoms with Crippen LogP contribution in [0.25, 0.3) is 11.4 Å². The molecule has 1 aromatic heterocycles. The van der Waals surface area contributed by atoms with Crippen molar-refractivity contribution in [1.82, 2.24) is 9.97 Å². The number of hydrogen-bond donors (Lipinski definition) is 1. The molecule has 0 unspecified atom stereocenters. The lowest BCUT2D eigenvalue weighted by Crippen LogP contribution is -2.03. The molecule has 0 radical (unpaired) electrons. The Morgan fingerprint density at radius 2 is 1.94 bits per heavy atom. The standard InChI is InChI=1S/C11H9ClFN3/c1-6-9(13)10(14)16-11(15-6)7-4-2-3-5-8(7)12/h2-5H,1H3,(H2,14,15,16). The van der Waals surface area contributed by atoms with E-state index in [2.05, 4.69) is 9.97 Å². The van der Waals surface area contributed by atoms with Crippen LogP contribution in [-0.4, -0.2) is 9.97 Å². The predicted octanol–water partition coefficient (Wildman–Crippen LogP) is 2.83. The van der Waals surface area contributed by atoms with Crippen molar-refractivity contribution in [2.75, 3.05) is 5.73 Å². The molecule has 0 aliphatic heterocycles. The fourth-order valence-corrected chi connectivity index (χ4v) is 1.56. The Kier molecular flexibility index (Phi) is 2.75. The van der Waals surface area contributed by atoms with Crippen molar-refractivity contribution < 1.29 is 4.39 Å². The summed E-state index contributed by atoms with van der Waals surface area (Å²) in [5.41, 5.74) is 6.29. The molecule has 0 aliphatic carbocycles. The second kappa shape index (κ2) is 4.06. The molecular formula is C11H9ClFN3. The molecule has 0 bridgehead atoms. The molecular weight excluding hydrogens is 229 g/mol. The molecule has 1 heterocycles. The average molecular weight is 238 g/mol. The minimum absolute atomic E-state index is 0.164. The van der Waals surface area contributed by atoms with Gasteiger partial charge in [-0.3, -0.25) is 0 Å². The number of nitrogen functional groups attached to an aromatic ring is 1. The van der Waals surface area contributed by atoms with E-state index in [1.807, 2.05) is 0 Å². The van der Waals surface area contributed by atoms with Crippen molar-refractivity contribution in [1.29, 1.82) is 0 Å². The Bertz CT molecular complexity index is 519. The lowest BCUT2D eigenvalue weighted by atomic mass is 10.2. The largest absolute Gasteiger partial charge is 0.381 e. The number of halogens is 2. The van der Waals surface area contributed by atoms with E-state index in [0.29, 0.717) is 16.4 Å². The van der Waals surface area contributed by atoms with Gasteiger partial charge in [-0.1, -0.05) is 23.7 Å². The predicted molar refractivity (Wildman–Crippen MR) is 61.6 cm³/mol. The lowest BCUT2D eigenvalue weighted by molar-refractivity contribution is 0.608. The minimum atomic E-state index is -0.587. The van der Waals surface area contributed by atoms with Crippen molar-refractivity contribution >= 4 is 17.4 Å². The van der Waals surface area contributed by atoms with Crippen molar-refractivity contribution in [2.45, 2.75) is 6.92 Å². The number of nitrogens with zero attached hydrogens (tertiary/aromatic N) is 2. The quantitative estimate of drug-likeness (QED) is 0.830. The van der Waals surface area contributed by atoms with E-state index in [4.69, 9.17) is 17.3 Å². The van der Waals surface area contributed by atoms with E-state index in [1.54, 1.807) is 24.3 Å². The van der Waals surface area contributed by atoms with Crippen LogP contribution in [0.15, 0.2) is 24.3 Å². The molecule has 5 heteroatoms. The zero-order chi connectivity index (χ0) is 11.7. The normalized spacial score (nSPS) is 10.4. The van der Waals surface area contributed by atoms with Crippen LogP contribution in [0.2, 0.25) is 5.02 Å². The minimum Gasteiger partial charge on any atom is -0.381 e. The van der Waals surface area contributed by atoms with Crippen LogP contribution in [0.4, 0.5) is 10.2 Å². The Morgan fingerprint density at radius 1 is 1.25 bits per heavy atom. The fourth-order valence-electron chi connectivity index (χ4n) is 1.34. The van der Waals surface area contributed by atoms with E-state index in [0.717, 1.165) is 0 Å². The molecule has 0 saturated carbocycles. The van der Waals surface area contributed by atoms with Crippen LogP contribution in [0.1, 0.15) is 5.69 Å². The van der Waals surface area contributed by atoms with Crippen molar-refractivity contribution in [3.8, 4) is 11.4 Å². The van der Waals surface area contributed by atoms with Crippen LogP contribution in [0, 0.1) is 12.7 Å². The number of benzene rings is 1. The van der Waals surface area contributed by atoms with Gasteiger partial charge in [-0.15, -0.1) is 0 Å². The van der Waals surface area contributed by atoms with Crippen molar-refractivity contribution in [3.63, 3.8) is 0 Å². The molecule has 16 heavy (non-hydrogen) atoms. The molecule has 82 valence electrons. The summed E-state index contributed by atoms with van der Waals surface area (Å²) in [6.07, 6.45) is 0. The van der Waals surface area contributed by atoms with Gasteiger partial charge in [0.2, 0.25) is 0 Å². The van der Waals surface area contributed by atoms with Gasteiger partial charge in [-0.2, -0.15) is 0 Å². The van der Waals surface area contributed by atoms with Gasteiger partial charge < -0.3 is 5.73 Å². The van der Waals surface area contributed by atoms with Crippen LogP contribution >= 0.6 is 11.6 Å². The van der Waals surface area contributed by atoms with Crippen LogP contribution in [0.5, 0.6) is 0 Å². The number of nitrogens with two attached hydrogens (primary N) is 1. The third kappa shape index (κ3) is 1.84. The highest BCUT2D eigenvalue weighted by Gasteiger charge is 2.11. The molecule has 0 spiro atoms. The number of anilines is 1. The van der Waals surface area contributed by atoms with E-state index in [-0.39, 0.29) is 11.5 Å². The van der Waals surface area contributed by atoms with Gasteiger partial charge in [-0.05, 0) is 19.1 Å². The first-order valence-corrected chi connectivity index (χ1v) is 5.02. The Hall–Kier alpha value is -1.68. The summed E-state index contributed by atoms with van der Waals surface area (Å²) in [6.45, 7) is 1.54. The Labute approximate surface area is 97.1 Å². The summed E-state index contributed by atoms with van der Waals surface area (Å²) in [7, 11) is 0. The monoisotopic (exact) mass is 237 g/mol. The smallest absolute Gasteiger partial charge is 0.186 e. The van der Waals surface area contributed by atoms with Gasteiger partial charge in [0.05, 0.1) is 10.7 Å². The molecule has 3 nitrogen and oxygen atoms in total. The Morgan fingerprint density at radius 3 is 2.56 bits per heavy atom. The molecule has 0 fully saturated rings. The van der Waals surface area contributed by atoms with E-state index in [1.165, 1.54) is 6.92 Å². The summed E-state index contributed by atoms with van der Waals surface area (Å²) < 4.78 is 13.2. The van der Waals surface area contributed by atoms with Gasteiger partial charge in [0.25, 0.3) is 0 Å². The number of aromatic nitrogens is 2. The number of aryl methyl sites for hydroxylation is 1. The lowest BCUT2D eigenvalue weighted by Gasteiger charge is -2.05. The first-order valence-electron chi connectivity index (χ1n) is 4.64. The van der Waals surface area contributed by atoms with Crippen molar-refractivity contribution in [3.05, 3.63) is 40.8 Å². The maximum Gasteiger partial charge on any atom is 0.186 e. The highest BCUT2D eigenvalue weighted by Crippen LogP contribution is 2.26. The van der Waals surface area contributed by atoms with E-state index < -0.39 is 5.82 Å². The van der Waals surface area contributed by atoms with Crippen LogP contribution < -0.4 is 5.73 Å². The zero-order valence-electron chi connectivity index (χ0n) is 8.54. The van der Waals surface area contributed by atoms with E-state index in [9.17, 15) is 4.39 Å². The van der Waals surface area contributed by atoms with Crippen molar-refractivity contribution in [2.24, 2.45) is 0 Å². The maximum atomic E-state index is 13.2. The average Bonchev–Trinajstić information content (AvgIpc) is 2.26. The van der Waals surface area contributed by atoms with Gasteiger partial charge in [0.1, 0.15) is 0 Å². The van der Waals surface area contributed by atoms with Crippen LogP contribution in [-0.2, 0) is 0 Å². The summed E-state index contributed by atoms with van der Waals surface area (Å²) in [5.74, 6) is -0.416. The number of rotatable bonds is 1. The number of hydrogen-bond acceptors (Lipinski definition) is 3. The zero-order valence-corrected chi connectivity index (χ0v) is 9.29. The maximum absolute atomic E-state index is 13.2. The second-order valence-corrected chi connectivity index (χ2v) is 3.72. The summed E-state index contributed by atoms with van der Waals surface area (Å²) in [4.78, 5) is 7.89. The molecule has 0 atom stereocenters. The van der Waals surface area contributed by atoms with Gasteiger partial charge in [0.15, 0.2) is 17.5 Å². The summed E-state index contributed by atoms with van der Waals surface area (Å²) in [5, 5.41) is 0.507. The van der Waals surface area contributed by atoms with Gasteiger partial charge >= 0.3 is 0 Å². The third-order valence-corrected chi connectivity index (χ3v) is 2.49. The molecule has 2 rings (SSSR count). The fraction of sp³-hybridized carbons (Fsp3) is 0.0909. The van der Waals surface area contributed by atoms with Gasteiger partial charge in [-0.25, -0.2) is 14.4 Å².